The van der Waals surface area contributed by atoms with Crippen LogP contribution in [-0.4, -0.2) is 16.4 Å². The lowest BCUT2D eigenvalue weighted by molar-refractivity contribution is -0.120. The van der Waals surface area contributed by atoms with Crippen LogP contribution in [0.25, 0.3) is 11.1 Å². The van der Waals surface area contributed by atoms with E-state index in [-0.39, 0.29) is 23.3 Å². The van der Waals surface area contributed by atoms with Crippen LogP contribution in [0.1, 0.15) is 25.7 Å². The van der Waals surface area contributed by atoms with Gasteiger partial charge in [0.1, 0.15) is 0 Å². The Balaban J connectivity index is 1.87. The SMILES string of the molecule is C#CCn1c(=O)oc2cc(F)c(N3C(=O)C4=C(CCCC4)C3=O)cc21. The van der Waals surface area contributed by atoms with Gasteiger partial charge >= 0.3 is 5.76 Å². The van der Waals surface area contributed by atoms with Gasteiger partial charge in [0.2, 0.25) is 0 Å². The molecule has 0 atom stereocenters. The minimum Gasteiger partial charge on any atom is -0.408 e. The number of halogens is 1. The molecule has 6 nitrogen and oxygen atoms in total. The van der Waals surface area contributed by atoms with Crippen LogP contribution in [0.15, 0.2) is 32.5 Å². The van der Waals surface area contributed by atoms with Crippen molar-refractivity contribution in [2.24, 2.45) is 0 Å². The van der Waals surface area contributed by atoms with E-state index in [0.717, 1.165) is 28.4 Å². The Morgan fingerprint density at radius 1 is 1.12 bits per heavy atom. The molecule has 1 aromatic carbocycles. The van der Waals surface area contributed by atoms with Crippen molar-refractivity contribution in [1.29, 1.82) is 0 Å². The van der Waals surface area contributed by atoms with E-state index >= 15 is 0 Å². The van der Waals surface area contributed by atoms with Gasteiger partial charge in [0.25, 0.3) is 11.8 Å². The lowest BCUT2D eigenvalue weighted by Gasteiger charge is -2.16. The predicted octanol–water partition coefficient (Wildman–Crippen LogP) is 2.11. The fourth-order valence-electron chi connectivity index (χ4n) is 3.44. The molecule has 0 radical (unpaired) electrons. The summed E-state index contributed by atoms with van der Waals surface area (Å²) >= 11 is 0. The molecule has 0 saturated carbocycles. The second-order valence-electron chi connectivity index (χ2n) is 6.04. The molecule has 1 aliphatic heterocycles. The molecular weight excluding hydrogens is 327 g/mol. The van der Waals surface area contributed by atoms with Gasteiger partial charge in [-0.05, 0) is 31.7 Å². The van der Waals surface area contributed by atoms with Crippen molar-refractivity contribution in [2.75, 3.05) is 4.90 Å². The zero-order chi connectivity index (χ0) is 17.7. The summed E-state index contributed by atoms with van der Waals surface area (Å²) in [6.45, 7) is -0.0620. The summed E-state index contributed by atoms with van der Waals surface area (Å²) in [5.41, 5.74) is 0.986. The van der Waals surface area contributed by atoms with E-state index in [0.29, 0.717) is 24.0 Å². The Kier molecular flexibility index (Phi) is 3.35. The van der Waals surface area contributed by atoms with E-state index in [9.17, 15) is 18.8 Å². The van der Waals surface area contributed by atoms with Gasteiger partial charge in [0, 0.05) is 17.2 Å². The number of terminal acetylenes is 1. The smallest absolute Gasteiger partial charge is 0.408 e. The molecule has 25 heavy (non-hydrogen) atoms. The van der Waals surface area contributed by atoms with Crippen LogP contribution >= 0.6 is 0 Å². The van der Waals surface area contributed by atoms with Crippen molar-refractivity contribution in [3.8, 4) is 12.3 Å². The Morgan fingerprint density at radius 2 is 1.76 bits per heavy atom. The average molecular weight is 340 g/mol. The van der Waals surface area contributed by atoms with Gasteiger partial charge in [-0.1, -0.05) is 5.92 Å². The van der Waals surface area contributed by atoms with Crippen LogP contribution in [0.4, 0.5) is 10.1 Å². The summed E-state index contributed by atoms with van der Waals surface area (Å²) < 4.78 is 20.7. The van der Waals surface area contributed by atoms with Gasteiger partial charge in [-0.3, -0.25) is 14.2 Å². The number of hydrogen-bond donors (Lipinski definition) is 0. The number of nitrogens with zero attached hydrogens (tertiary/aromatic N) is 2. The third-order valence-electron chi connectivity index (χ3n) is 4.62. The van der Waals surface area contributed by atoms with Crippen LogP contribution in [0.2, 0.25) is 0 Å². The lowest BCUT2D eigenvalue weighted by atomic mass is 9.93. The maximum Gasteiger partial charge on any atom is 0.420 e. The van der Waals surface area contributed by atoms with Crippen LogP contribution in [0, 0.1) is 18.2 Å². The van der Waals surface area contributed by atoms with Crippen LogP contribution in [0.3, 0.4) is 0 Å². The highest BCUT2D eigenvalue weighted by atomic mass is 19.1. The molecule has 2 amide bonds. The molecule has 0 bridgehead atoms. The topological polar surface area (TPSA) is 72.5 Å². The lowest BCUT2D eigenvalue weighted by Crippen LogP contribution is -2.32. The molecule has 0 spiro atoms. The molecule has 1 aliphatic carbocycles. The number of carbonyl (C=O) groups excluding carboxylic acids is 2. The average Bonchev–Trinajstić information content (AvgIpc) is 3.03. The van der Waals surface area contributed by atoms with Crippen molar-refractivity contribution < 1.29 is 18.4 Å². The number of benzene rings is 1. The third kappa shape index (κ3) is 2.14. The van der Waals surface area contributed by atoms with Crippen molar-refractivity contribution in [3.05, 3.63) is 39.6 Å². The molecule has 4 rings (SSSR count). The highest BCUT2D eigenvalue weighted by Crippen LogP contribution is 2.37. The van der Waals surface area contributed by atoms with E-state index in [2.05, 4.69) is 5.92 Å². The molecule has 7 heteroatoms. The minimum absolute atomic E-state index is 0.0123. The third-order valence-corrected chi connectivity index (χ3v) is 4.62. The van der Waals surface area contributed by atoms with Gasteiger partial charge < -0.3 is 4.42 Å². The van der Waals surface area contributed by atoms with Crippen LogP contribution in [0.5, 0.6) is 0 Å². The van der Waals surface area contributed by atoms with Crippen LogP contribution < -0.4 is 10.7 Å². The predicted molar refractivity (Wildman–Crippen MR) is 87.3 cm³/mol. The van der Waals surface area contributed by atoms with E-state index in [1.165, 1.54) is 6.07 Å². The number of hydrogen-bond acceptors (Lipinski definition) is 4. The molecule has 0 unspecified atom stereocenters. The van der Waals surface area contributed by atoms with E-state index in [4.69, 9.17) is 10.8 Å². The normalized spacial score (nSPS) is 17.4. The van der Waals surface area contributed by atoms with Gasteiger partial charge in [-0.2, -0.15) is 0 Å². The van der Waals surface area contributed by atoms with E-state index < -0.39 is 23.4 Å². The zero-order valence-electron chi connectivity index (χ0n) is 13.2. The summed E-state index contributed by atoms with van der Waals surface area (Å²) in [6.07, 6.45) is 7.95. The summed E-state index contributed by atoms with van der Waals surface area (Å²) in [5, 5.41) is 0. The monoisotopic (exact) mass is 340 g/mol. The van der Waals surface area contributed by atoms with E-state index in [1.807, 2.05) is 0 Å². The van der Waals surface area contributed by atoms with Gasteiger partial charge in [0.05, 0.1) is 17.7 Å². The first-order valence-corrected chi connectivity index (χ1v) is 7.90. The minimum atomic E-state index is -0.810. The van der Waals surface area contributed by atoms with Gasteiger partial charge in [0.15, 0.2) is 11.4 Å². The standard InChI is InChI=1S/C18H13FN2O4/c1-2-7-20-14-9-13(12(19)8-15(14)25-18(20)24)21-16(22)10-5-3-4-6-11(10)17(21)23/h1,8-9H,3-7H2. The molecule has 2 heterocycles. The van der Waals surface area contributed by atoms with Gasteiger partial charge in [-0.15, -0.1) is 6.42 Å². The fraction of sp³-hybridized carbons (Fsp3) is 0.278. The molecule has 1 aromatic heterocycles. The first-order valence-electron chi connectivity index (χ1n) is 7.90. The number of imide groups is 1. The molecule has 2 aromatic rings. The molecule has 126 valence electrons. The molecular formula is C18H13FN2O4. The Bertz CT molecular complexity index is 1040. The largest absolute Gasteiger partial charge is 0.420 e. The molecule has 2 aliphatic rings. The number of carbonyl (C=O) groups is 2. The second kappa shape index (κ2) is 5.45. The summed E-state index contributed by atoms with van der Waals surface area (Å²) in [4.78, 5) is 37.9. The van der Waals surface area contributed by atoms with Crippen molar-refractivity contribution in [2.45, 2.75) is 32.2 Å². The zero-order valence-corrected chi connectivity index (χ0v) is 13.2. The number of fused-ring (bicyclic) bond motifs is 1. The Labute approximate surface area is 141 Å². The Hall–Kier alpha value is -3.14. The first-order chi connectivity index (χ1) is 12.0. The highest BCUT2D eigenvalue weighted by molar-refractivity contribution is 6.33. The van der Waals surface area contributed by atoms with E-state index in [1.54, 1.807) is 0 Å². The number of aromatic nitrogens is 1. The number of amides is 2. The molecule has 0 saturated heterocycles. The summed E-state index contributed by atoms with van der Waals surface area (Å²) in [5.74, 6) is -0.199. The summed E-state index contributed by atoms with van der Waals surface area (Å²) in [7, 11) is 0. The van der Waals surface area contributed by atoms with Gasteiger partial charge in [-0.25, -0.2) is 14.1 Å². The summed E-state index contributed by atoms with van der Waals surface area (Å²) in [6, 6.07) is 2.26. The fourth-order valence-corrected chi connectivity index (χ4v) is 3.44. The number of anilines is 1. The first kappa shape index (κ1) is 15.4. The highest BCUT2D eigenvalue weighted by Gasteiger charge is 2.41. The van der Waals surface area contributed by atoms with Crippen LogP contribution in [-0.2, 0) is 16.1 Å². The second-order valence-corrected chi connectivity index (χ2v) is 6.04. The number of oxazole rings is 1. The maximum atomic E-state index is 14.5. The molecule has 0 N–H and O–H groups in total. The quantitative estimate of drug-likeness (QED) is 0.620. The molecule has 0 fully saturated rings. The van der Waals surface area contributed by atoms with Crippen molar-refractivity contribution >= 4 is 28.6 Å². The maximum absolute atomic E-state index is 14.5. The Morgan fingerprint density at radius 3 is 2.36 bits per heavy atom. The number of rotatable bonds is 2. The van der Waals surface area contributed by atoms with Crippen molar-refractivity contribution in [3.63, 3.8) is 0 Å². The van der Waals surface area contributed by atoms with Crippen molar-refractivity contribution in [1.82, 2.24) is 4.57 Å².